The first-order valence-corrected chi connectivity index (χ1v) is 7.98. The van der Waals surface area contributed by atoms with Crippen LogP contribution in [0.25, 0.3) is 16.5 Å². The van der Waals surface area contributed by atoms with Gasteiger partial charge in [-0.3, -0.25) is 4.79 Å². The van der Waals surface area contributed by atoms with Gasteiger partial charge in [0.05, 0.1) is 11.1 Å². The van der Waals surface area contributed by atoms with Crippen LogP contribution < -0.4 is 4.74 Å². The number of phenolic OH excluding ortho intramolecular Hbond substituents is 2. The van der Waals surface area contributed by atoms with Crippen molar-refractivity contribution in [3.8, 4) is 17.2 Å². The molecule has 130 valence electrons. The Morgan fingerprint density at radius 2 is 1.68 bits per heavy atom. The Morgan fingerprint density at radius 1 is 1.04 bits per heavy atom. The average molecular weight is 342 g/mol. The van der Waals surface area contributed by atoms with Crippen molar-refractivity contribution >= 4 is 22.3 Å². The minimum atomic E-state index is -0.895. The van der Waals surface area contributed by atoms with Gasteiger partial charge in [0.25, 0.3) is 0 Å². The SMILES string of the molecule is Cc1cc(O)c2c3c(c(O)c4c(c13)OC(C)C4(C)C)C(O)=C(O)C2=O. The van der Waals surface area contributed by atoms with Crippen LogP contribution in [0.2, 0.25) is 0 Å². The molecule has 0 bridgehead atoms. The van der Waals surface area contributed by atoms with E-state index in [9.17, 15) is 25.2 Å². The topological polar surface area (TPSA) is 107 Å². The van der Waals surface area contributed by atoms with Crippen molar-refractivity contribution in [1.29, 1.82) is 0 Å². The van der Waals surface area contributed by atoms with Gasteiger partial charge in [-0.05, 0) is 25.5 Å². The molecule has 0 spiro atoms. The minimum absolute atomic E-state index is 0.0503. The van der Waals surface area contributed by atoms with E-state index < -0.39 is 22.7 Å². The van der Waals surface area contributed by atoms with Gasteiger partial charge in [-0.15, -0.1) is 0 Å². The van der Waals surface area contributed by atoms with Crippen LogP contribution in [0.1, 0.15) is 47.8 Å². The van der Waals surface area contributed by atoms with E-state index in [-0.39, 0.29) is 34.1 Å². The smallest absolute Gasteiger partial charge is 0.235 e. The number of rotatable bonds is 0. The van der Waals surface area contributed by atoms with Crippen molar-refractivity contribution < 1.29 is 30.0 Å². The summed E-state index contributed by atoms with van der Waals surface area (Å²) < 4.78 is 6.00. The third-order valence-corrected chi connectivity index (χ3v) is 5.54. The summed E-state index contributed by atoms with van der Waals surface area (Å²) in [5, 5.41) is 42.3. The monoisotopic (exact) mass is 342 g/mol. The Kier molecular flexibility index (Phi) is 2.74. The number of carbonyl (C=O) groups excluding carboxylic acids is 1. The Balaban J connectivity index is 2.34. The number of benzene rings is 2. The van der Waals surface area contributed by atoms with E-state index in [2.05, 4.69) is 0 Å². The molecule has 0 amide bonds. The first-order chi connectivity index (χ1) is 11.6. The summed E-state index contributed by atoms with van der Waals surface area (Å²) in [6.45, 7) is 7.44. The first-order valence-electron chi connectivity index (χ1n) is 7.98. The Morgan fingerprint density at radius 3 is 2.32 bits per heavy atom. The number of aryl methyl sites for hydroxylation is 1. The summed E-state index contributed by atoms with van der Waals surface area (Å²) in [4.78, 5) is 12.4. The van der Waals surface area contributed by atoms with Gasteiger partial charge < -0.3 is 25.2 Å². The predicted octanol–water partition coefficient (Wildman–Crippen LogP) is 3.60. The van der Waals surface area contributed by atoms with Crippen molar-refractivity contribution in [1.82, 2.24) is 0 Å². The van der Waals surface area contributed by atoms with E-state index in [0.29, 0.717) is 22.3 Å². The van der Waals surface area contributed by atoms with Gasteiger partial charge in [-0.1, -0.05) is 13.8 Å². The van der Waals surface area contributed by atoms with E-state index >= 15 is 0 Å². The number of aromatic hydroxyl groups is 2. The molecule has 6 nitrogen and oxygen atoms in total. The zero-order chi connectivity index (χ0) is 18.4. The molecule has 0 fully saturated rings. The van der Waals surface area contributed by atoms with Gasteiger partial charge in [-0.25, -0.2) is 0 Å². The standard InChI is InChI=1S/C19H18O6/c1-6-5-8(20)10-11-9(6)18-13(19(3,4)7(2)25-18)14(21)12(11)16(23)17(24)15(10)22/h5,7,20-21,23-24H,1-4H3. The molecular weight excluding hydrogens is 324 g/mol. The maximum atomic E-state index is 12.4. The van der Waals surface area contributed by atoms with Crippen LogP contribution in [0.15, 0.2) is 11.8 Å². The molecule has 0 saturated carbocycles. The molecule has 0 saturated heterocycles. The molecule has 25 heavy (non-hydrogen) atoms. The largest absolute Gasteiger partial charge is 0.507 e. The second-order valence-electron chi connectivity index (χ2n) is 7.27. The number of phenols is 2. The van der Waals surface area contributed by atoms with Gasteiger partial charge in [0.2, 0.25) is 11.5 Å². The van der Waals surface area contributed by atoms with Crippen molar-refractivity contribution in [2.45, 2.75) is 39.2 Å². The molecule has 0 radical (unpaired) electrons. The van der Waals surface area contributed by atoms with Crippen LogP contribution >= 0.6 is 0 Å². The van der Waals surface area contributed by atoms with Crippen LogP contribution in [0.3, 0.4) is 0 Å². The van der Waals surface area contributed by atoms with E-state index in [1.54, 1.807) is 6.92 Å². The van der Waals surface area contributed by atoms with Gasteiger partial charge in [0, 0.05) is 21.8 Å². The average Bonchev–Trinajstić information content (AvgIpc) is 2.74. The molecule has 4 rings (SSSR count). The Bertz CT molecular complexity index is 1030. The van der Waals surface area contributed by atoms with Crippen LogP contribution in [0, 0.1) is 6.92 Å². The number of carbonyl (C=O) groups is 1. The number of hydrogen-bond acceptors (Lipinski definition) is 6. The van der Waals surface area contributed by atoms with Gasteiger partial charge in [0.1, 0.15) is 23.4 Å². The normalized spacial score (nSPS) is 20.8. The first kappa shape index (κ1) is 15.6. The molecule has 1 heterocycles. The van der Waals surface area contributed by atoms with Crippen LogP contribution in [0.5, 0.6) is 17.2 Å². The van der Waals surface area contributed by atoms with Crippen LogP contribution in [-0.4, -0.2) is 32.3 Å². The molecule has 2 aliphatic rings. The fourth-order valence-electron chi connectivity index (χ4n) is 3.87. The summed E-state index contributed by atoms with van der Waals surface area (Å²) in [6.07, 6.45) is -0.250. The molecular formula is C19H18O6. The summed E-state index contributed by atoms with van der Waals surface area (Å²) in [5.41, 5.74) is 0.401. The molecule has 1 unspecified atom stereocenters. The number of allylic oxidation sites excluding steroid dienone is 1. The van der Waals surface area contributed by atoms with E-state index in [1.165, 1.54) is 6.07 Å². The summed E-state index contributed by atoms with van der Waals surface area (Å²) in [5.74, 6) is -2.61. The fourth-order valence-corrected chi connectivity index (χ4v) is 3.87. The highest BCUT2D eigenvalue weighted by molar-refractivity contribution is 6.26. The summed E-state index contributed by atoms with van der Waals surface area (Å²) >= 11 is 0. The van der Waals surface area contributed by atoms with Crippen LogP contribution in [-0.2, 0) is 5.41 Å². The lowest BCUT2D eigenvalue weighted by Gasteiger charge is -2.25. The second kappa shape index (κ2) is 4.39. The lowest BCUT2D eigenvalue weighted by Crippen LogP contribution is -2.29. The second-order valence-corrected chi connectivity index (χ2v) is 7.27. The molecule has 0 aromatic heterocycles. The van der Waals surface area contributed by atoms with E-state index in [0.717, 1.165) is 0 Å². The zero-order valence-electron chi connectivity index (χ0n) is 14.3. The highest BCUT2D eigenvalue weighted by atomic mass is 16.5. The van der Waals surface area contributed by atoms with Crippen molar-refractivity contribution in [2.75, 3.05) is 0 Å². The maximum Gasteiger partial charge on any atom is 0.235 e. The van der Waals surface area contributed by atoms with Crippen molar-refractivity contribution in [3.05, 3.63) is 34.1 Å². The quantitative estimate of drug-likeness (QED) is 0.583. The lowest BCUT2D eigenvalue weighted by molar-refractivity contribution is 0.0972. The maximum absolute atomic E-state index is 12.4. The Labute approximate surface area is 143 Å². The number of Topliss-reactive ketones (excluding diaryl/α,β-unsaturated/α-hetero) is 1. The molecule has 1 aliphatic heterocycles. The fraction of sp³-hybridized carbons (Fsp3) is 0.316. The minimum Gasteiger partial charge on any atom is -0.507 e. The van der Waals surface area contributed by atoms with E-state index in [4.69, 9.17) is 4.74 Å². The van der Waals surface area contributed by atoms with E-state index in [1.807, 2.05) is 20.8 Å². The predicted molar refractivity (Wildman–Crippen MR) is 91.6 cm³/mol. The molecule has 2 aromatic rings. The number of fused-ring (bicyclic) bond motifs is 2. The summed E-state index contributed by atoms with van der Waals surface area (Å²) in [7, 11) is 0. The van der Waals surface area contributed by atoms with Gasteiger partial charge in [-0.2, -0.15) is 0 Å². The number of ketones is 1. The Hall–Kier alpha value is -2.89. The number of hydrogen-bond donors (Lipinski definition) is 4. The highest BCUT2D eigenvalue weighted by Crippen LogP contribution is 2.57. The van der Waals surface area contributed by atoms with Crippen molar-refractivity contribution in [2.24, 2.45) is 0 Å². The molecule has 1 aliphatic carbocycles. The van der Waals surface area contributed by atoms with Crippen molar-refractivity contribution in [3.63, 3.8) is 0 Å². The van der Waals surface area contributed by atoms with Gasteiger partial charge >= 0.3 is 0 Å². The summed E-state index contributed by atoms with van der Waals surface area (Å²) in [6, 6.07) is 1.42. The molecule has 2 aromatic carbocycles. The lowest BCUT2D eigenvalue weighted by atomic mass is 9.77. The number of aliphatic hydroxyl groups excluding tert-OH is 2. The number of ether oxygens (including phenoxy) is 1. The third-order valence-electron chi connectivity index (χ3n) is 5.54. The zero-order valence-corrected chi connectivity index (χ0v) is 14.3. The van der Waals surface area contributed by atoms with Crippen LogP contribution in [0.4, 0.5) is 0 Å². The van der Waals surface area contributed by atoms with Gasteiger partial charge in [0.15, 0.2) is 5.76 Å². The molecule has 6 heteroatoms. The third kappa shape index (κ3) is 1.61. The molecule has 1 atom stereocenters. The highest BCUT2D eigenvalue weighted by Gasteiger charge is 2.46. The number of aliphatic hydroxyl groups is 2. The molecule has 4 N–H and O–H groups in total.